The van der Waals surface area contributed by atoms with Gasteiger partial charge in [-0.25, -0.2) is 0 Å². The fourth-order valence-corrected chi connectivity index (χ4v) is 3.22. The standard InChI is InChI=1S/C16H23NO5S/c1-4-21-15(19)10-5-6-12(18)11(7-10)9-22-14-8-13(23-17-14)16(2,3)20/h8,10-11,20H,4-7,9H2,1-3H3. The lowest BCUT2D eigenvalue weighted by Gasteiger charge is -2.26. The first-order chi connectivity index (χ1) is 10.8. The molecule has 2 atom stereocenters. The summed E-state index contributed by atoms with van der Waals surface area (Å²) >= 11 is 1.17. The average Bonchev–Trinajstić information content (AvgIpc) is 2.95. The van der Waals surface area contributed by atoms with Crippen molar-refractivity contribution in [3.05, 3.63) is 10.9 Å². The quantitative estimate of drug-likeness (QED) is 0.799. The van der Waals surface area contributed by atoms with Gasteiger partial charge >= 0.3 is 5.97 Å². The number of hydrogen-bond donors (Lipinski definition) is 1. The van der Waals surface area contributed by atoms with Crippen LogP contribution in [-0.2, 0) is 19.9 Å². The maximum absolute atomic E-state index is 12.0. The number of rotatable bonds is 6. The first-order valence-electron chi connectivity index (χ1n) is 7.83. The van der Waals surface area contributed by atoms with E-state index in [1.165, 1.54) is 11.5 Å². The molecule has 0 spiro atoms. The Morgan fingerprint density at radius 2 is 2.26 bits per heavy atom. The molecule has 1 aromatic rings. The van der Waals surface area contributed by atoms with Crippen molar-refractivity contribution >= 4 is 23.3 Å². The van der Waals surface area contributed by atoms with Crippen LogP contribution in [0.15, 0.2) is 6.07 Å². The number of carbonyl (C=O) groups excluding carboxylic acids is 2. The van der Waals surface area contributed by atoms with Crippen molar-refractivity contribution in [3.8, 4) is 5.88 Å². The molecule has 1 fully saturated rings. The zero-order valence-corrected chi connectivity index (χ0v) is 14.5. The van der Waals surface area contributed by atoms with Gasteiger partial charge in [0.15, 0.2) is 0 Å². The van der Waals surface area contributed by atoms with E-state index in [0.29, 0.717) is 36.6 Å². The monoisotopic (exact) mass is 341 g/mol. The lowest BCUT2D eigenvalue weighted by Crippen LogP contribution is -2.33. The van der Waals surface area contributed by atoms with Gasteiger partial charge in [-0.1, -0.05) is 0 Å². The Hall–Kier alpha value is -1.47. The molecule has 1 heterocycles. The Bertz CT molecular complexity index is 563. The van der Waals surface area contributed by atoms with Gasteiger partial charge in [0.25, 0.3) is 0 Å². The fourth-order valence-electron chi connectivity index (χ4n) is 2.55. The van der Waals surface area contributed by atoms with Crippen molar-refractivity contribution in [3.63, 3.8) is 0 Å². The molecule has 6 nitrogen and oxygen atoms in total. The second-order valence-corrected chi connectivity index (χ2v) is 7.09. The summed E-state index contributed by atoms with van der Waals surface area (Å²) in [5.41, 5.74) is -0.963. The van der Waals surface area contributed by atoms with Crippen LogP contribution in [0.4, 0.5) is 0 Å². The van der Waals surface area contributed by atoms with Crippen LogP contribution < -0.4 is 4.74 Å². The van der Waals surface area contributed by atoms with Gasteiger partial charge in [-0.3, -0.25) is 9.59 Å². The van der Waals surface area contributed by atoms with Crippen molar-refractivity contribution < 1.29 is 24.2 Å². The lowest BCUT2D eigenvalue weighted by atomic mass is 9.81. The van der Waals surface area contributed by atoms with Crippen molar-refractivity contribution in [2.45, 2.75) is 45.6 Å². The summed E-state index contributed by atoms with van der Waals surface area (Å²) in [7, 11) is 0. The number of carbonyl (C=O) groups is 2. The predicted molar refractivity (Wildman–Crippen MR) is 85.3 cm³/mol. The van der Waals surface area contributed by atoms with Crippen molar-refractivity contribution in [2.75, 3.05) is 13.2 Å². The Balaban J connectivity index is 1.92. The molecule has 2 rings (SSSR count). The highest BCUT2D eigenvalue weighted by atomic mass is 32.1. The molecule has 0 aliphatic heterocycles. The zero-order valence-electron chi connectivity index (χ0n) is 13.7. The second kappa shape index (κ2) is 7.40. The number of ketones is 1. The van der Waals surface area contributed by atoms with Crippen LogP contribution in [0.1, 0.15) is 44.9 Å². The third kappa shape index (κ3) is 4.75. The van der Waals surface area contributed by atoms with Gasteiger partial charge in [-0.15, -0.1) is 0 Å². The molecule has 0 amide bonds. The summed E-state index contributed by atoms with van der Waals surface area (Å²) in [5.74, 6) is -0.265. The smallest absolute Gasteiger partial charge is 0.308 e. The third-order valence-corrected chi connectivity index (χ3v) is 4.99. The minimum Gasteiger partial charge on any atom is -0.476 e. The molecule has 1 aromatic heterocycles. The van der Waals surface area contributed by atoms with Gasteiger partial charge in [0.2, 0.25) is 5.88 Å². The maximum atomic E-state index is 12.0. The molecular weight excluding hydrogens is 318 g/mol. The number of aliphatic hydroxyl groups is 1. The van der Waals surface area contributed by atoms with Crippen LogP contribution in [0.5, 0.6) is 5.88 Å². The largest absolute Gasteiger partial charge is 0.476 e. The van der Waals surface area contributed by atoms with Gasteiger partial charge in [0, 0.05) is 12.5 Å². The van der Waals surface area contributed by atoms with E-state index >= 15 is 0 Å². The summed E-state index contributed by atoms with van der Waals surface area (Å²) in [6.07, 6.45) is 1.39. The van der Waals surface area contributed by atoms with E-state index in [9.17, 15) is 14.7 Å². The molecule has 1 saturated carbocycles. The summed E-state index contributed by atoms with van der Waals surface area (Å²) < 4.78 is 14.8. The first kappa shape index (κ1) is 17.9. The molecule has 128 valence electrons. The zero-order chi connectivity index (χ0) is 17.0. The molecular formula is C16H23NO5S. The third-order valence-electron chi connectivity index (χ3n) is 3.91. The van der Waals surface area contributed by atoms with Crippen LogP contribution in [0.3, 0.4) is 0 Å². The minimum absolute atomic E-state index is 0.114. The fraction of sp³-hybridized carbons (Fsp3) is 0.688. The Labute approximate surface area is 140 Å². The van der Waals surface area contributed by atoms with E-state index in [2.05, 4.69) is 4.37 Å². The number of nitrogens with zero attached hydrogens (tertiary/aromatic N) is 1. The molecule has 7 heteroatoms. The Morgan fingerprint density at radius 1 is 1.52 bits per heavy atom. The molecule has 0 radical (unpaired) electrons. The average molecular weight is 341 g/mol. The van der Waals surface area contributed by atoms with Crippen LogP contribution in [0.2, 0.25) is 0 Å². The number of esters is 1. The normalized spacial score (nSPS) is 22.0. The molecule has 0 aromatic carbocycles. The Kier molecular flexibility index (Phi) is 5.75. The summed E-state index contributed by atoms with van der Waals surface area (Å²) in [5, 5.41) is 9.92. The predicted octanol–water partition coefficient (Wildman–Crippen LogP) is 2.30. The van der Waals surface area contributed by atoms with Crippen LogP contribution in [0, 0.1) is 11.8 Å². The van der Waals surface area contributed by atoms with Gasteiger partial charge in [0.1, 0.15) is 5.78 Å². The summed E-state index contributed by atoms with van der Waals surface area (Å²) in [6, 6.07) is 1.68. The van der Waals surface area contributed by atoms with Gasteiger partial charge in [-0.05, 0) is 45.1 Å². The van der Waals surface area contributed by atoms with Crippen LogP contribution in [-0.4, -0.2) is 34.4 Å². The van der Waals surface area contributed by atoms with E-state index in [4.69, 9.17) is 9.47 Å². The van der Waals surface area contributed by atoms with Gasteiger partial charge < -0.3 is 14.6 Å². The molecule has 0 saturated heterocycles. The first-order valence-corrected chi connectivity index (χ1v) is 8.60. The van der Waals surface area contributed by atoms with Gasteiger partial charge in [-0.2, -0.15) is 4.37 Å². The molecule has 23 heavy (non-hydrogen) atoms. The lowest BCUT2D eigenvalue weighted by molar-refractivity contribution is -0.150. The van der Waals surface area contributed by atoms with Gasteiger partial charge in [0.05, 0.1) is 35.5 Å². The SMILES string of the molecule is CCOC(=O)C1CCC(=O)C(COc2cc(C(C)(C)O)sn2)C1. The number of Topliss-reactive ketones (excluding diaryl/α,β-unsaturated/α-hetero) is 1. The summed E-state index contributed by atoms with van der Waals surface area (Å²) in [4.78, 5) is 24.5. The second-order valence-electron chi connectivity index (χ2n) is 6.29. The maximum Gasteiger partial charge on any atom is 0.308 e. The van der Waals surface area contributed by atoms with Crippen molar-refractivity contribution in [1.82, 2.24) is 4.37 Å². The highest BCUT2D eigenvalue weighted by Crippen LogP contribution is 2.30. The van der Waals surface area contributed by atoms with E-state index in [-0.39, 0.29) is 30.2 Å². The van der Waals surface area contributed by atoms with E-state index in [1.54, 1.807) is 26.8 Å². The molecule has 1 aliphatic carbocycles. The number of ether oxygens (including phenoxy) is 2. The van der Waals surface area contributed by atoms with Crippen molar-refractivity contribution in [1.29, 1.82) is 0 Å². The molecule has 1 aliphatic rings. The molecule has 2 unspecified atom stereocenters. The minimum atomic E-state index is -0.963. The molecule has 0 bridgehead atoms. The van der Waals surface area contributed by atoms with Crippen LogP contribution in [0.25, 0.3) is 0 Å². The van der Waals surface area contributed by atoms with Crippen molar-refractivity contribution in [2.24, 2.45) is 11.8 Å². The van der Waals surface area contributed by atoms with E-state index in [1.807, 2.05) is 0 Å². The Morgan fingerprint density at radius 3 is 2.87 bits per heavy atom. The topological polar surface area (TPSA) is 85.7 Å². The summed E-state index contributed by atoms with van der Waals surface area (Å²) in [6.45, 7) is 5.68. The van der Waals surface area contributed by atoms with E-state index < -0.39 is 5.60 Å². The van der Waals surface area contributed by atoms with Crippen LogP contribution >= 0.6 is 11.5 Å². The number of aromatic nitrogens is 1. The number of hydrogen-bond acceptors (Lipinski definition) is 7. The highest BCUT2D eigenvalue weighted by Gasteiger charge is 2.34. The van der Waals surface area contributed by atoms with E-state index in [0.717, 1.165) is 0 Å². The molecule has 1 N–H and O–H groups in total. The highest BCUT2D eigenvalue weighted by molar-refractivity contribution is 7.06.